The van der Waals surface area contributed by atoms with Crippen LogP contribution in [-0.2, 0) is 14.8 Å². The van der Waals surface area contributed by atoms with Gasteiger partial charge in [0.05, 0.1) is 23.6 Å². The molecule has 8 nitrogen and oxygen atoms in total. The van der Waals surface area contributed by atoms with Crippen molar-refractivity contribution in [2.75, 3.05) is 18.9 Å². The largest absolute Gasteiger partial charge is 0.349 e. The minimum Gasteiger partial charge on any atom is -0.349 e. The molecule has 0 spiro atoms. The molecule has 1 amide bonds. The van der Waals surface area contributed by atoms with E-state index in [2.05, 4.69) is 14.8 Å². The number of para-hydroxylation sites is 2. The standard InChI is InChI=1S/C21H21N5O3S/c1-14-12-15(2)26(23-14)18-10-6-5-9-17(18)22-20(27)13-25(3)21-16-8-4-7-11-19(16)30(28,29)24-21/h4-12H,13H2,1-3H3,(H,22,27). The maximum absolute atomic E-state index is 12.7. The average molecular weight is 423 g/mol. The van der Waals surface area contributed by atoms with E-state index in [4.69, 9.17) is 0 Å². The number of aromatic nitrogens is 2. The van der Waals surface area contributed by atoms with Gasteiger partial charge in [-0.05, 0) is 44.2 Å². The SMILES string of the molecule is Cc1cc(C)n(-c2ccccc2NC(=O)CN(C)C2=NS(=O)(=O)c3ccccc32)n1. The third-order valence-electron chi connectivity index (χ3n) is 4.77. The molecule has 0 saturated carbocycles. The van der Waals surface area contributed by atoms with Crippen LogP contribution in [0.4, 0.5) is 5.69 Å². The molecule has 0 unspecified atom stereocenters. The summed E-state index contributed by atoms with van der Waals surface area (Å²) in [5.41, 5.74) is 3.70. The van der Waals surface area contributed by atoms with Gasteiger partial charge in [-0.2, -0.15) is 13.5 Å². The molecule has 0 aliphatic carbocycles. The quantitative estimate of drug-likeness (QED) is 0.696. The van der Waals surface area contributed by atoms with Gasteiger partial charge in [0.25, 0.3) is 10.0 Å². The molecule has 1 aliphatic heterocycles. The number of hydrogen-bond acceptors (Lipinski definition) is 5. The van der Waals surface area contributed by atoms with Crippen molar-refractivity contribution in [3.8, 4) is 5.69 Å². The summed E-state index contributed by atoms with van der Waals surface area (Å²) in [6, 6.07) is 15.9. The summed E-state index contributed by atoms with van der Waals surface area (Å²) in [6.07, 6.45) is 0. The number of carbonyl (C=O) groups is 1. The van der Waals surface area contributed by atoms with Crippen molar-refractivity contribution in [3.63, 3.8) is 0 Å². The third-order valence-corrected chi connectivity index (χ3v) is 6.10. The highest BCUT2D eigenvalue weighted by atomic mass is 32.2. The van der Waals surface area contributed by atoms with E-state index in [0.29, 0.717) is 11.3 Å². The highest BCUT2D eigenvalue weighted by molar-refractivity contribution is 7.90. The summed E-state index contributed by atoms with van der Waals surface area (Å²) in [7, 11) is -2.09. The topological polar surface area (TPSA) is 96.7 Å². The normalized spacial score (nSPS) is 14.2. The molecule has 154 valence electrons. The Kier molecular flexibility index (Phi) is 4.90. The minimum atomic E-state index is -3.74. The maximum Gasteiger partial charge on any atom is 0.285 e. The zero-order valence-corrected chi connectivity index (χ0v) is 17.6. The van der Waals surface area contributed by atoms with Crippen LogP contribution in [0, 0.1) is 13.8 Å². The fourth-order valence-corrected chi connectivity index (χ4v) is 4.73. The van der Waals surface area contributed by atoms with Crippen molar-refractivity contribution in [3.05, 3.63) is 71.5 Å². The summed E-state index contributed by atoms with van der Waals surface area (Å²) < 4.78 is 30.1. The first kappa shape index (κ1) is 19.8. The molecule has 0 fully saturated rings. The molecular formula is C21H21N5O3S. The van der Waals surface area contributed by atoms with Gasteiger partial charge in [0, 0.05) is 18.3 Å². The number of carbonyl (C=O) groups excluding carboxylic acids is 1. The van der Waals surface area contributed by atoms with Gasteiger partial charge in [-0.15, -0.1) is 4.40 Å². The molecule has 4 rings (SSSR count). The fourth-order valence-electron chi connectivity index (χ4n) is 3.48. The summed E-state index contributed by atoms with van der Waals surface area (Å²) in [5.74, 6) is -0.0384. The number of aryl methyl sites for hydroxylation is 2. The van der Waals surface area contributed by atoms with Gasteiger partial charge in [0.1, 0.15) is 4.90 Å². The molecule has 1 aliphatic rings. The molecule has 2 aromatic carbocycles. The van der Waals surface area contributed by atoms with E-state index in [1.165, 1.54) is 11.0 Å². The van der Waals surface area contributed by atoms with Crippen molar-refractivity contribution in [2.45, 2.75) is 18.7 Å². The molecule has 2 heterocycles. The fraction of sp³-hybridized carbons (Fsp3) is 0.190. The Balaban J connectivity index is 1.55. The molecule has 9 heteroatoms. The van der Waals surface area contributed by atoms with Gasteiger partial charge in [0.2, 0.25) is 5.91 Å². The molecule has 30 heavy (non-hydrogen) atoms. The van der Waals surface area contributed by atoms with Crippen molar-refractivity contribution >= 4 is 27.5 Å². The molecule has 0 radical (unpaired) electrons. The number of sulfonamides is 1. The summed E-state index contributed by atoms with van der Waals surface area (Å²) >= 11 is 0. The van der Waals surface area contributed by atoms with E-state index in [0.717, 1.165) is 17.1 Å². The van der Waals surface area contributed by atoms with E-state index in [-0.39, 0.29) is 23.2 Å². The average Bonchev–Trinajstić information content (AvgIpc) is 3.18. The first-order valence-electron chi connectivity index (χ1n) is 9.34. The van der Waals surface area contributed by atoms with Crippen LogP contribution in [-0.4, -0.2) is 48.4 Å². The summed E-state index contributed by atoms with van der Waals surface area (Å²) in [4.78, 5) is 14.4. The van der Waals surface area contributed by atoms with Crippen LogP contribution in [0.25, 0.3) is 5.69 Å². The Labute approximate surface area is 174 Å². The van der Waals surface area contributed by atoms with Crippen molar-refractivity contribution in [1.82, 2.24) is 14.7 Å². The van der Waals surface area contributed by atoms with Crippen LogP contribution in [0.1, 0.15) is 17.0 Å². The molecule has 1 N–H and O–H groups in total. The zero-order chi connectivity index (χ0) is 21.5. The van der Waals surface area contributed by atoms with Crippen LogP contribution < -0.4 is 5.32 Å². The zero-order valence-electron chi connectivity index (χ0n) is 16.8. The number of benzene rings is 2. The minimum absolute atomic E-state index is 0.0614. The molecule has 1 aromatic heterocycles. The lowest BCUT2D eigenvalue weighted by Gasteiger charge is -2.19. The van der Waals surface area contributed by atoms with Crippen LogP contribution in [0.3, 0.4) is 0 Å². The molecule has 0 saturated heterocycles. The highest BCUT2D eigenvalue weighted by Gasteiger charge is 2.31. The van der Waals surface area contributed by atoms with Crippen LogP contribution >= 0.6 is 0 Å². The number of rotatable bonds is 4. The Hall–Kier alpha value is -3.46. The molecule has 0 atom stereocenters. The third kappa shape index (κ3) is 3.59. The lowest BCUT2D eigenvalue weighted by molar-refractivity contribution is -0.116. The van der Waals surface area contributed by atoms with Gasteiger partial charge in [0.15, 0.2) is 5.84 Å². The monoisotopic (exact) mass is 423 g/mol. The number of nitrogens with one attached hydrogen (secondary N) is 1. The second-order valence-corrected chi connectivity index (χ2v) is 8.72. The van der Waals surface area contributed by atoms with Gasteiger partial charge < -0.3 is 10.2 Å². The first-order valence-corrected chi connectivity index (χ1v) is 10.8. The number of nitrogens with zero attached hydrogens (tertiary/aromatic N) is 4. The molecule has 0 bridgehead atoms. The Morgan fingerprint density at radius 2 is 1.80 bits per heavy atom. The van der Waals surface area contributed by atoms with Crippen molar-refractivity contribution in [1.29, 1.82) is 0 Å². The van der Waals surface area contributed by atoms with Gasteiger partial charge in [-0.25, -0.2) is 4.68 Å². The Bertz CT molecular complexity index is 1280. The predicted octanol–water partition coefficient (Wildman–Crippen LogP) is 2.51. The Morgan fingerprint density at radius 3 is 2.53 bits per heavy atom. The van der Waals surface area contributed by atoms with Crippen LogP contribution in [0.2, 0.25) is 0 Å². The summed E-state index contributed by atoms with van der Waals surface area (Å²) in [6.45, 7) is 3.80. The number of fused-ring (bicyclic) bond motifs is 1. The van der Waals surface area contributed by atoms with E-state index in [9.17, 15) is 13.2 Å². The second kappa shape index (κ2) is 7.42. The Morgan fingerprint density at radius 1 is 1.10 bits per heavy atom. The van der Waals surface area contributed by atoms with Crippen molar-refractivity contribution in [2.24, 2.45) is 4.40 Å². The first-order chi connectivity index (χ1) is 14.3. The van der Waals surface area contributed by atoms with E-state index in [1.807, 2.05) is 38.1 Å². The molecule has 3 aromatic rings. The number of likely N-dealkylation sites (N-methyl/N-ethyl adjacent to an activating group) is 1. The lowest BCUT2D eigenvalue weighted by Crippen LogP contribution is -2.35. The van der Waals surface area contributed by atoms with Crippen LogP contribution in [0.15, 0.2) is 63.9 Å². The lowest BCUT2D eigenvalue weighted by atomic mass is 10.2. The number of amidine groups is 1. The second-order valence-electron chi connectivity index (χ2n) is 7.15. The maximum atomic E-state index is 12.7. The number of amides is 1. The van der Waals surface area contributed by atoms with Gasteiger partial charge in [-0.3, -0.25) is 4.79 Å². The number of hydrogen-bond donors (Lipinski definition) is 1. The smallest absolute Gasteiger partial charge is 0.285 e. The van der Waals surface area contributed by atoms with E-state index in [1.54, 1.807) is 36.0 Å². The summed E-state index contributed by atoms with van der Waals surface area (Å²) in [5, 5.41) is 7.38. The molecular weight excluding hydrogens is 402 g/mol. The van der Waals surface area contributed by atoms with Gasteiger partial charge >= 0.3 is 0 Å². The highest BCUT2D eigenvalue weighted by Crippen LogP contribution is 2.27. The van der Waals surface area contributed by atoms with Crippen LogP contribution in [0.5, 0.6) is 0 Å². The van der Waals surface area contributed by atoms with E-state index >= 15 is 0 Å². The van der Waals surface area contributed by atoms with Gasteiger partial charge in [-0.1, -0.05) is 24.3 Å². The van der Waals surface area contributed by atoms with E-state index < -0.39 is 10.0 Å². The van der Waals surface area contributed by atoms with Crippen molar-refractivity contribution < 1.29 is 13.2 Å². The number of anilines is 1. The predicted molar refractivity (Wildman–Crippen MR) is 114 cm³/mol.